The number of para-hydroxylation sites is 3. The lowest BCUT2D eigenvalue weighted by atomic mass is 10.0. The third-order valence-electron chi connectivity index (χ3n) is 8.05. The average Bonchev–Trinajstić information content (AvgIpc) is 3.33. The highest BCUT2D eigenvalue weighted by molar-refractivity contribution is 5.93. The van der Waals surface area contributed by atoms with Crippen LogP contribution in [0.25, 0.3) is 29.4 Å². The molecule has 2 heterocycles. The van der Waals surface area contributed by atoms with E-state index in [9.17, 15) is 0 Å². The zero-order chi connectivity index (χ0) is 29.2. The number of hydrogen-bond acceptors (Lipinski definition) is 2. The van der Waals surface area contributed by atoms with Gasteiger partial charge in [0.15, 0.2) is 0 Å². The Labute approximate surface area is 253 Å². The SMILES string of the molecule is C#C/C=C1/C=Cc2ccccc2N(c2ccc(-c3ccc(N4c5ccccc5C=Cc5ccccc54)cc3)cc2)/C1=C/C. The average molecular weight is 551 g/mol. The molecular formula is C41H30N2. The lowest BCUT2D eigenvalue weighted by Crippen LogP contribution is -2.17. The predicted octanol–water partition coefficient (Wildman–Crippen LogP) is 10.9. The lowest BCUT2D eigenvalue weighted by Gasteiger charge is -2.28. The molecule has 2 aliphatic rings. The number of nitrogens with zero attached hydrogens (tertiary/aromatic N) is 2. The molecular weight excluding hydrogens is 520 g/mol. The van der Waals surface area contributed by atoms with Crippen molar-refractivity contribution in [2.24, 2.45) is 0 Å². The highest BCUT2D eigenvalue weighted by Gasteiger charge is 2.22. The minimum absolute atomic E-state index is 1.01. The van der Waals surface area contributed by atoms with Crippen molar-refractivity contribution in [3.05, 3.63) is 168 Å². The van der Waals surface area contributed by atoms with Gasteiger partial charge in [-0.2, -0.15) is 0 Å². The number of terminal acetylenes is 1. The van der Waals surface area contributed by atoms with Gasteiger partial charge in [-0.1, -0.05) is 115 Å². The van der Waals surface area contributed by atoms with Crippen LogP contribution in [0.2, 0.25) is 0 Å². The summed E-state index contributed by atoms with van der Waals surface area (Å²) in [5, 5.41) is 0. The van der Waals surface area contributed by atoms with Crippen LogP contribution in [0.3, 0.4) is 0 Å². The van der Waals surface area contributed by atoms with Crippen molar-refractivity contribution in [2.75, 3.05) is 9.80 Å². The largest absolute Gasteiger partial charge is 0.310 e. The van der Waals surface area contributed by atoms with Crippen molar-refractivity contribution in [1.82, 2.24) is 0 Å². The summed E-state index contributed by atoms with van der Waals surface area (Å²) in [6, 6.07) is 43.2. The Kier molecular flexibility index (Phi) is 6.83. The van der Waals surface area contributed by atoms with E-state index in [-0.39, 0.29) is 0 Å². The summed E-state index contributed by atoms with van der Waals surface area (Å²) >= 11 is 0. The number of benzene rings is 5. The smallest absolute Gasteiger partial charge is 0.0534 e. The molecule has 0 saturated carbocycles. The molecule has 0 saturated heterocycles. The lowest BCUT2D eigenvalue weighted by molar-refractivity contribution is 1.18. The predicted molar refractivity (Wildman–Crippen MR) is 184 cm³/mol. The Hall–Kier alpha value is -5.78. The fourth-order valence-electron chi connectivity index (χ4n) is 6.00. The second-order valence-electron chi connectivity index (χ2n) is 10.5. The molecule has 2 aliphatic heterocycles. The van der Waals surface area contributed by atoms with Gasteiger partial charge in [-0.15, -0.1) is 6.42 Å². The summed E-state index contributed by atoms with van der Waals surface area (Å²) in [6.45, 7) is 2.06. The molecule has 5 aromatic carbocycles. The molecule has 0 bridgehead atoms. The Morgan fingerprint density at radius 2 is 0.930 bits per heavy atom. The molecule has 0 unspecified atom stereocenters. The van der Waals surface area contributed by atoms with Gasteiger partial charge in [-0.05, 0) is 83.3 Å². The first-order valence-corrected chi connectivity index (χ1v) is 14.5. The molecule has 0 aromatic heterocycles. The van der Waals surface area contributed by atoms with Crippen molar-refractivity contribution in [3.8, 4) is 23.5 Å². The van der Waals surface area contributed by atoms with Crippen molar-refractivity contribution >= 4 is 46.7 Å². The third kappa shape index (κ3) is 4.78. The van der Waals surface area contributed by atoms with Gasteiger partial charge >= 0.3 is 0 Å². The second kappa shape index (κ2) is 11.2. The third-order valence-corrected chi connectivity index (χ3v) is 8.05. The first-order valence-electron chi connectivity index (χ1n) is 14.5. The van der Waals surface area contributed by atoms with Gasteiger partial charge < -0.3 is 9.80 Å². The van der Waals surface area contributed by atoms with Crippen molar-refractivity contribution in [3.63, 3.8) is 0 Å². The van der Waals surface area contributed by atoms with Gasteiger partial charge in [0.1, 0.15) is 0 Å². The van der Waals surface area contributed by atoms with E-state index in [1.807, 2.05) is 6.08 Å². The first-order chi connectivity index (χ1) is 21.2. The van der Waals surface area contributed by atoms with Crippen LogP contribution < -0.4 is 9.80 Å². The minimum atomic E-state index is 1.01. The molecule has 43 heavy (non-hydrogen) atoms. The summed E-state index contributed by atoms with van der Waals surface area (Å²) in [7, 11) is 0. The topological polar surface area (TPSA) is 6.48 Å². The zero-order valence-corrected chi connectivity index (χ0v) is 24.0. The summed E-state index contributed by atoms with van der Waals surface area (Å²) in [6.07, 6.45) is 18.3. The molecule has 7 rings (SSSR count). The first kappa shape index (κ1) is 26.1. The molecule has 0 radical (unpaired) electrons. The van der Waals surface area contributed by atoms with Crippen LogP contribution in [-0.4, -0.2) is 0 Å². The maximum atomic E-state index is 5.70. The molecule has 0 fully saturated rings. The Balaban J connectivity index is 1.24. The van der Waals surface area contributed by atoms with E-state index in [0.717, 1.165) is 39.5 Å². The van der Waals surface area contributed by atoms with Crippen LogP contribution in [0.4, 0.5) is 28.4 Å². The van der Waals surface area contributed by atoms with Gasteiger partial charge in [0.25, 0.3) is 0 Å². The number of rotatable bonds is 3. The van der Waals surface area contributed by atoms with E-state index in [0.29, 0.717) is 0 Å². The van der Waals surface area contributed by atoms with Crippen LogP contribution in [0.5, 0.6) is 0 Å². The summed E-state index contributed by atoms with van der Waals surface area (Å²) < 4.78 is 0. The fraction of sp³-hybridized carbons (Fsp3) is 0.0244. The maximum absolute atomic E-state index is 5.70. The standard InChI is InChI=1S/C41H30N2/c1-3-11-32-18-19-33-12-5-8-15-39(33)42(38(32)4-2)36-26-22-30(23-27-36)31-24-28-37(29-25-31)43-40-16-9-6-13-34(40)20-21-35-14-7-10-17-41(35)43/h1,4-29H,2H3/b32-11-,38-4+. The number of fused-ring (bicyclic) bond motifs is 3. The van der Waals surface area contributed by atoms with Crippen molar-refractivity contribution < 1.29 is 0 Å². The van der Waals surface area contributed by atoms with Gasteiger partial charge in [0.2, 0.25) is 0 Å². The van der Waals surface area contributed by atoms with Crippen LogP contribution in [0.15, 0.2) is 151 Å². The Morgan fingerprint density at radius 1 is 0.512 bits per heavy atom. The summed E-state index contributed by atoms with van der Waals surface area (Å²) in [4.78, 5) is 4.63. The molecule has 0 spiro atoms. The molecule has 0 atom stereocenters. The molecule has 0 N–H and O–H groups in total. The highest BCUT2D eigenvalue weighted by atomic mass is 15.2. The number of anilines is 5. The van der Waals surface area contributed by atoms with E-state index in [1.165, 1.54) is 28.1 Å². The zero-order valence-electron chi connectivity index (χ0n) is 24.0. The highest BCUT2D eigenvalue weighted by Crippen LogP contribution is 2.43. The van der Waals surface area contributed by atoms with Gasteiger partial charge in [0, 0.05) is 22.6 Å². The molecule has 2 heteroatoms. The van der Waals surface area contributed by atoms with Crippen molar-refractivity contribution in [2.45, 2.75) is 6.92 Å². The molecule has 0 amide bonds. The van der Waals surface area contributed by atoms with Crippen LogP contribution >= 0.6 is 0 Å². The number of allylic oxidation sites excluding steroid dienone is 3. The quantitative estimate of drug-likeness (QED) is 0.202. The van der Waals surface area contributed by atoms with Gasteiger partial charge in [-0.25, -0.2) is 0 Å². The normalized spacial score (nSPS) is 15.3. The van der Waals surface area contributed by atoms with Crippen LogP contribution in [0.1, 0.15) is 23.6 Å². The van der Waals surface area contributed by atoms with Gasteiger partial charge in [0.05, 0.1) is 17.1 Å². The maximum Gasteiger partial charge on any atom is 0.0534 e. The van der Waals surface area contributed by atoms with E-state index in [2.05, 4.69) is 174 Å². The van der Waals surface area contributed by atoms with Crippen molar-refractivity contribution in [1.29, 1.82) is 0 Å². The van der Waals surface area contributed by atoms with Gasteiger partial charge in [-0.3, -0.25) is 0 Å². The van der Waals surface area contributed by atoms with E-state index in [4.69, 9.17) is 6.42 Å². The molecule has 5 aromatic rings. The van der Waals surface area contributed by atoms with E-state index < -0.39 is 0 Å². The summed E-state index contributed by atoms with van der Waals surface area (Å²) in [5.41, 5.74) is 13.6. The Morgan fingerprint density at radius 3 is 1.40 bits per heavy atom. The van der Waals surface area contributed by atoms with E-state index in [1.54, 1.807) is 0 Å². The molecule has 204 valence electrons. The van der Waals surface area contributed by atoms with Crippen LogP contribution in [-0.2, 0) is 0 Å². The van der Waals surface area contributed by atoms with Crippen LogP contribution in [0, 0.1) is 12.3 Å². The minimum Gasteiger partial charge on any atom is -0.310 e. The Bertz CT molecular complexity index is 1930. The number of hydrogen-bond donors (Lipinski definition) is 0. The fourth-order valence-corrected chi connectivity index (χ4v) is 6.00. The monoisotopic (exact) mass is 550 g/mol. The summed E-state index contributed by atoms with van der Waals surface area (Å²) in [5.74, 6) is 2.71. The molecule has 2 nitrogen and oxygen atoms in total. The molecule has 0 aliphatic carbocycles. The van der Waals surface area contributed by atoms with E-state index >= 15 is 0 Å². The second-order valence-corrected chi connectivity index (χ2v) is 10.5.